The van der Waals surface area contributed by atoms with Gasteiger partial charge in [0.15, 0.2) is 5.78 Å². The second kappa shape index (κ2) is 9.21. The lowest BCUT2D eigenvalue weighted by atomic mass is 9.77. The van der Waals surface area contributed by atoms with Crippen molar-refractivity contribution in [3.63, 3.8) is 0 Å². The summed E-state index contributed by atoms with van der Waals surface area (Å²) >= 11 is 0. The number of rotatable bonds is 5. The molecule has 1 aromatic rings. The van der Waals surface area contributed by atoms with E-state index < -0.39 is 0 Å². The van der Waals surface area contributed by atoms with Crippen LogP contribution in [0.15, 0.2) is 46.6 Å². The number of cyclic esters (lactones) is 1. The third-order valence-electron chi connectivity index (χ3n) is 6.80. The van der Waals surface area contributed by atoms with E-state index >= 15 is 0 Å². The van der Waals surface area contributed by atoms with Crippen LogP contribution in [0.2, 0.25) is 0 Å². The highest BCUT2D eigenvalue weighted by molar-refractivity contribution is 5.97. The number of aryl methyl sites for hydroxylation is 2. The number of allylic oxidation sites excluding steroid dienone is 5. The maximum Gasteiger partial charge on any atom is 0.310 e. The smallest absolute Gasteiger partial charge is 0.310 e. The van der Waals surface area contributed by atoms with E-state index in [0.29, 0.717) is 5.57 Å². The van der Waals surface area contributed by atoms with Crippen molar-refractivity contribution in [2.24, 2.45) is 0 Å². The molecular weight excluding hydrogens is 384 g/mol. The van der Waals surface area contributed by atoms with Crippen molar-refractivity contribution in [1.29, 1.82) is 0 Å². The minimum atomic E-state index is -0.286. The van der Waals surface area contributed by atoms with Crippen LogP contribution in [0.5, 0.6) is 0 Å². The summed E-state index contributed by atoms with van der Waals surface area (Å²) in [5.41, 5.74) is 13.0. The topological polar surface area (TPSA) is 43.4 Å². The van der Waals surface area contributed by atoms with Crippen LogP contribution in [0.25, 0.3) is 5.57 Å². The molecule has 3 rings (SSSR count). The number of hydrogen-bond acceptors (Lipinski definition) is 3. The number of esters is 1. The molecule has 0 saturated carbocycles. The number of hydrogen-bond donors (Lipinski definition) is 0. The maximum atomic E-state index is 12.0. The van der Waals surface area contributed by atoms with Gasteiger partial charge >= 0.3 is 5.97 Å². The fraction of sp³-hybridized carbons (Fsp3) is 0.429. The van der Waals surface area contributed by atoms with Gasteiger partial charge in [0.25, 0.3) is 0 Å². The summed E-state index contributed by atoms with van der Waals surface area (Å²) in [4.78, 5) is 23.9. The van der Waals surface area contributed by atoms with Crippen molar-refractivity contribution in [3.05, 3.63) is 74.4 Å². The molecule has 0 N–H and O–H groups in total. The Morgan fingerprint density at radius 1 is 1.16 bits per heavy atom. The minimum absolute atomic E-state index is 0.0473. The van der Waals surface area contributed by atoms with Crippen LogP contribution in [0.4, 0.5) is 0 Å². The van der Waals surface area contributed by atoms with Gasteiger partial charge in [0.1, 0.15) is 6.61 Å². The Bertz CT molecular complexity index is 1060. The Hall–Kier alpha value is -2.68. The molecule has 1 aliphatic carbocycles. The van der Waals surface area contributed by atoms with E-state index in [-0.39, 0.29) is 24.8 Å². The Labute approximate surface area is 186 Å². The predicted molar refractivity (Wildman–Crippen MR) is 127 cm³/mol. The molecule has 0 fully saturated rings. The molecule has 0 bridgehead atoms. The largest absolute Gasteiger partial charge is 0.460 e. The average Bonchev–Trinajstić information content (AvgIpc) is 2.72. The van der Waals surface area contributed by atoms with Crippen molar-refractivity contribution >= 4 is 17.3 Å². The molecule has 0 spiro atoms. The number of carbonyl (C=O) groups is 2. The Morgan fingerprint density at radius 3 is 2.52 bits per heavy atom. The quantitative estimate of drug-likeness (QED) is 0.408. The lowest BCUT2D eigenvalue weighted by Gasteiger charge is -2.28. The highest BCUT2D eigenvalue weighted by atomic mass is 16.5. The fourth-order valence-corrected chi connectivity index (χ4v) is 4.99. The average molecular weight is 419 g/mol. The van der Waals surface area contributed by atoms with E-state index in [1.807, 2.05) is 13.0 Å². The molecule has 3 nitrogen and oxygen atoms in total. The number of Topliss-reactive ketones (excluding diaryl/α,β-unsaturated/α-hetero) is 1. The van der Waals surface area contributed by atoms with E-state index in [1.165, 1.54) is 45.9 Å². The number of fused-ring (bicyclic) bond motifs is 1. The van der Waals surface area contributed by atoms with E-state index in [1.54, 1.807) is 0 Å². The highest BCUT2D eigenvalue weighted by Crippen LogP contribution is 2.41. The third kappa shape index (κ3) is 4.51. The third-order valence-corrected chi connectivity index (χ3v) is 6.80. The van der Waals surface area contributed by atoms with Crippen LogP contribution in [0, 0.1) is 20.8 Å². The highest BCUT2D eigenvalue weighted by Gasteiger charge is 2.24. The first kappa shape index (κ1) is 23.0. The normalized spacial score (nSPS) is 18.5. The molecule has 0 amide bonds. The van der Waals surface area contributed by atoms with Gasteiger partial charge in [-0.2, -0.15) is 0 Å². The van der Waals surface area contributed by atoms with Crippen LogP contribution >= 0.6 is 0 Å². The summed E-state index contributed by atoms with van der Waals surface area (Å²) < 4.78 is 5.08. The second-order valence-corrected chi connectivity index (χ2v) is 8.86. The van der Waals surface area contributed by atoms with Gasteiger partial charge in [0, 0.05) is 5.57 Å². The van der Waals surface area contributed by atoms with E-state index in [2.05, 4.69) is 40.3 Å². The minimum Gasteiger partial charge on any atom is -0.460 e. The summed E-state index contributed by atoms with van der Waals surface area (Å²) in [5.74, 6) is -0.333. The SMILES string of the molecule is C=C(/C(CC)=C1/CCCc2c(C)c(C)cc(C)c21)/C(C)=C/C1=C(C(C)=O)COC(=O)C1. The zero-order chi connectivity index (χ0) is 22.9. The van der Waals surface area contributed by atoms with Crippen LogP contribution in [-0.2, 0) is 20.7 Å². The summed E-state index contributed by atoms with van der Waals surface area (Å²) in [6, 6.07) is 2.30. The van der Waals surface area contributed by atoms with Crippen molar-refractivity contribution in [1.82, 2.24) is 0 Å². The van der Waals surface area contributed by atoms with Gasteiger partial charge in [-0.15, -0.1) is 0 Å². The zero-order valence-corrected chi connectivity index (χ0v) is 19.8. The van der Waals surface area contributed by atoms with Crippen LogP contribution in [0.3, 0.4) is 0 Å². The lowest BCUT2D eigenvalue weighted by Crippen LogP contribution is -2.20. The molecule has 0 saturated heterocycles. The van der Waals surface area contributed by atoms with Gasteiger partial charge in [-0.05, 0) is 116 Å². The number of ether oxygens (including phenoxy) is 1. The molecule has 1 aromatic carbocycles. The Balaban J connectivity index is 2.10. The fourth-order valence-electron chi connectivity index (χ4n) is 4.99. The molecule has 3 heteroatoms. The van der Waals surface area contributed by atoms with E-state index in [0.717, 1.165) is 42.4 Å². The van der Waals surface area contributed by atoms with Gasteiger partial charge < -0.3 is 4.74 Å². The van der Waals surface area contributed by atoms with Gasteiger partial charge in [-0.3, -0.25) is 9.59 Å². The first-order chi connectivity index (χ1) is 14.6. The number of benzene rings is 1. The molecular formula is C28H34O3. The molecule has 164 valence electrons. The Kier molecular flexibility index (Phi) is 6.83. The van der Waals surface area contributed by atoms with Gasteiger partial charge in [0.05, 0.1) is 6.42 Å². The molecule has 31 heavy (non-hydrogen) atoms. The first-order valence-corrected chi connectivity index (χ1v) is 11.2. The molecule has 1 heterocycles. The maximum absolute atomic E-state index is 12.0. The van der Waals surface area contributed by atoms with E-state index in [4.69, 9.17) is 4.74 Å². The van der Waals surface area contributed by atoms with Crippen molar-refractivity contribution in [2.45, 2.75) is 73.6 Å². The van der Waals surface area contributed by atoms with Gasteiger partial charge in [0.2, 0.25) is 0 Å². The summed E-state index contributed by atoms with van der Waals surface area (Å²) in [6.45, 7) is 16.9. The van der Waals surface area contributed by atoms with Crippen LogP contribution in [0.1, 0.15) is 74.3 Å². The number of ketones is 1. The second-order valence-electron chi connectivity index (χ2n) is 8.86. The van der Waals surface area contributed by atoms with Crippen molar-refractivity contribution < 1.29 is 14.3 Å². The lowest BCUT2D eigenvalue weighted by molar-refractivity contribution is -0.143. The predicted octanol–water partition coefficient (Wildman–Crippen LogP) is 6.45. The summed E-state index contributed by atoms with van der Waals surface area (Å²) in [5, 5.41) is 0. The monoisotopic (exact) mass is 418 g/mol. The zero-order valence-electron chi connectivity index (χ0n) is 19.8. The molecule has 0 aromatic heterocycles. The van der Waals surface area contributed by atoms with Crippen molar-refractivity contribution in [2.75, 3.05) is 6.61 Å². The number of carbonyl (C=O) groups excluding carboxylic acids is 2. The molecule has 2 aliphatic rings. The van der Waals surface area contributed by atoms with Crippen molar-refractivity contribution in [3.8, 4) is 0 Å². The van der Waals surface area contributed by atoms with E-state index in [9.17, 15) is 9.59 Å². The molecule has 0 unspecified atom stereocenters. The first-order valence-electron chi connectivity index (χ1n) is 11.2. The van der Waals surface area contributed by atoms with Gasteiger partial charge in [-0.25, -0.2) is 0 Å². The van der Waals surface area contributed by atoms with Crippen LogP contribution < -0.4 is 0 Å². The van der Waals surface area contributed by atoms with Crippen LogP contribution in [-0.4, -0.2) is 18.4 Å². The molecule has 0 atom stereocenters. The summed E-state index contributed by atoms with van der Waals surface area (Å²) in [7, 11) is 0. The van der Waals surface area contributed by atoms with Gasteiger partial charge in [-0.1, -0.05) is 25.6 Å². The Morgan fingerprint density at radius 2 is 1.87 bits per heavy atom. The standard InChI is InChI=1S/C28H34O3/c1-8-23(25-11-9-10-24-20(6)16(2)12-18(4)28(24)25)19(5)17(3)13-22-14-27(30)31-15-26(22)21(7)29/h12-13H,5,8-11,14-15H2,1-4,6-7H3/b17-13+,25-23-. The molecule has 0 radical (unpaired) electrons. The molecule has 1 aliphatic heterocycles. The summed E-state index contributed by atoms with van der Waals surface area (Å²) in [6.07, 6.45) is 6.33.